The fourth-order valence-corrected chi connectivity index (χ4v) is 3.59. The summed E-state index contributed by atoms with van der Waals surface area (Å²) in [7, 11) is 3.19. The molecule has 6 nitrogen and oxygen atoms in total. The number of hydrogen-bond donors (Lipinski definition) is 2. The number of aromatic amines is 1. The predicted molar refractivity (Wildman–Crippen MR) is 108 cm³/mol. The smallest absolute Gasteiger partial charge is 0.229 e. The van der Waals surface area contributed by atoms with E-state index in [2.05, 4.69) is 22.4 Å². The van der Waals surface area contributed by atoms with Crippen molar-refractivity contribution in [3.05, 3.63) is 46.3 Å². The molecule has 0 unspecified atom stereocenters. The average molecular weight is 385 g/mol. The van der Waals surface area contributed by atoms with Crippen LogP contribution in [0.25, 0.3) is 11.3 Å². The van der Waals surface area contributed by atoms with Gasteiger partial charge in [-0.05, 0) is 36.1 Å². The first-order valence-corrected chi connectivity index (χ1v) is 9.66. The number of amides is 1. The van der Waals surface area contributed by atoms with Gasteiger partial charge in [-0.15, -0.1) is 11.3 Å². The first-order valence-electron chi connectivity index (χ1n) is 8.78. The van der Waals surface area contributed by atoms with Crippen molar-refractivity contribution in [2.75, 3.05) is 19.5 Å². The summed E-state index contributed by atoms with van der Waals surface area (Å²) in [6.07, 6.45) is 2.09. The molecule has 0 fully saturated rings. The summed E-state index contributed by atoms with van der Waals surface area (Å²) < 4.78 is 10.7. The zero-order chi connectivity index (χ0) is 19.2. The number of carbonyl (C=O) groups excluding carboxylic acids is 1. The Labute approximate surface area is 162 Å². The van der Waals surface area contributed by atoms with Gasteiger partial charge in [0.25, 0.3) is 0 Å². The molecule has 2 aromatic heterocycles. The first-order chi connectivity index (χ1) is 13.2. The second-order valence-corrected chi connectivity index (χ2v) is 7.08. The Morgan fingerprint density at radius 3 is 2.70 bits per heavy atom. The highest BCUT2D eigenvalue weighted by atomic mass is 32.1. The second-order valence-electron chi connectivity index (χ2n) is 6.05. The van der Waals surface area contributed by atoms with E-state index in [-0.39, 0.29) is 5.91 Å². The van der Waals surface area contributed by atoms with Crippen molar-refractivity contribution in [1.29, 1.82) is 0 Å². The number of ether oxygens (including phenoxy) is 2. The molecular formula is C20H23N3O3S. The van der Waals surface area contributed by atoms with Gasteiger partial charge >= 0.3 is 0 Å². The third kappa shape index (κ3) is 4.31. The number of anilines is 1. The summed E-state index contributed by atoms with van der Waals surface area (Å²) in [6, 6.07) is 9.51. The summed E-state index contributed by atoms with van der Waals surface area (Å²) in [5.74, 6) is 1.21. The molecule has 0 spiro atoms. The molecule has 3 aromatic rings. The molecule has 2 N–H and O–H groups in total. The van der Waals surface area contributed by atoms with Crippen molar-refractivity contribution < 1.29 is 14.3 Å². The van der Waals surface area contributed by atoms with Crippen LogP contribution in [0.15, 0.2) is 35.7 Å². The van der Waals surface area contributed by atoms with Crippen LogP contribution in [0.1, 0.15) is 23.9 Å². The Morgan fingerprint density at radius 2 is 2.04 bits per heavy atom. The van der Waals surface area contributed by atoms with Crippen molar-refractivity contribution in [3.63, 3.8) is 0 Å². The van der Waals surface area contributed by atoms with E-state index in [0.29, 0.717) is 23.6 Å². The van der Waals surface area contributed by atoms with Crippen LogP contribution in [0.5, 0.6) is 11.5 Å². The molecule has 0 aliphatic heterocycles. The number of aryl methyl sites for hydroxylation is 1. The first kappa shape index (κ1) is 19.0. The highest BCUT2D eigenvalue weighted by Gasteiger charge is 2.18. The van der Waals surface area contributed by atoms with Crippen molar-refractivity contribution in [2.24, 2.45) is 0 Å². The fraction of sp³-hybridized carbons (Fsp3) is 0.300. The normalized spacial score (nSPS) is 10.6. The van der Waals surface area contributed by atoms with Gasteiger partial charge in [0, 0.05) is 10.4 Å². The average Bonchev–Trinajstić information content (AvgIpc) is 3.32. The topological polar surface area (TPSA) is 76.2 Å². The molecule has 0 aliphatic rings. The number of hydrogen-bond acceptors (Lipinski definition) is 5. The highest BCUT2D eigenvalue weighted by molar-refractivity contribution is 7.10. The monoisotopic (exact) mass is 385 g/mol. The SMILES string of the molecule is CCCc1[nH]nc(-c2ccc(OC)c(OC)c2)c1NC(=O)Cc1cccs1. The van der Waals surface area contributed by atoms with Crippen LogP contribution in [-0.2, 0) is 17.6 Å². The minimum atomic E-state index is -0.0575. The van der Waals surface area contributed by atoms with Crippen molar-refractivity contribution in [2.45, 2.75) is 26.2 Å². The van der Waals surface area contributed by atoms with E-state index < -0.39 is 0 Å². The van der Waals surface area contributed by atoms with Gasteiger partial charge in [-0.3, -0.25) is 9.89 Å². The Kier molecular flexibility index (Phi) is 6.13. The number of thiophene rings is 1. The minimum absolute atomic E-state index is 0.0575. The summed E-state index contributed by atoms with van der Waals surface area (Å²) in [5, 5.41) is 12.5. The third-order valence-corrected chi connectivity index (χ3v) is 5.05. The van der Waals surface area contributed by atoms with Crippen LogP contribution in [0.3, 0.4) is 0 Å². The van der Waals surface area contributed by atoms with Gasteiger partial charge in [-0.25, -0.2) is 0 Å². The van der Waals surface area contributed by atoms with Crippen LogP contribution in [-0.4, -0.2) is 30.3 Å². The number of H-pyrrole nitrogens is 1. The van der Waals surface area contributed by atoms with Gasteiger partial charge in [0.1, 0.15) is 5.69 Å². The van der Waals surface area contributed by atoms with E-state index in [4.69, 9.17) is 9.47 Å². The lowest BCUT2D eigenvalue weighted by molar-refractivity contribution is -0.115. The molecular weight excluding hydrogens is 362 g/mol. The number of benzene rings is 1. The quantitative estimate of drug-likeness (QED) is 0.606. The summed E-state index contributed by atoms with van der Waals surface area (Å²) in [6.45, 7) is 2.09. The van der Waals surface area contributed by atoms with Gasteiger partial charge in [-0.1, -0.05) is 19.4 Å². The predicted octanol–water partition coefficient (Wildman–Crippen LogP) is 4.29. The lowest BCUT2D eigenvalue weighted by atomic mass is 10.1. The molecule has 1 aromatic carbocycles. The molecule has 142 valence electrons. The summed E-state index contributed by atoms with van der Waals surface area (Å²) in [4.78, 5) is 13.6. The number of aromatic nitrogens is 2. The Hall–Kier alpha value is -2.80. The molecule has 27 heavy (non-hydrogen) atoms. The molecule has 3 rings (SSSR count). The van der Waals surface area contributed by atoms with Crippen LogP contribution in [0, 0.1) is 0 Å². The highest BCUT2D eigenvalue weighted by Crippen LogP contribution is 2.36. The zero-order valence-corrected chi connectivity index (χ0v) is 16.5. The van der Waals surface area contributed by atoms with E-state index in [1.165, 1.54) is 0 Å². The van der Waals surface area contributed by atoms with Gasteiger partial charge < -0.3 is 14.8 Å². The van der Waals surface area contributed by atoms with E-state index in [1.807, 2.05) is 35.7 Å². The lowest BCUT2D eigenvalue weighted by Crippen LogP contribution is -2.15. The van der Waals surface area contributed by atoms with E-state index in [1.54, 1.807) is 25.6 Å². The Morgan fingerprint density at radius 1 is 1.22 bits per heavy atom. The molecule has 0 aliphatic carbocycles. The van der Waals surface area contributed by atoms with Gasteiger partial charge in [0.2, 0.25) is 5.91 Å². The van der Waals surface area contributed by atoms with Gasteiger partial charge in [0.15, 0.2) is 11.5 Å². The zero-order valence-electron chi connectivity index (χ0n) is 15.7. The Balaban J connectivity index is 1.92. The van der Waals surface area contributed by atoms with Crippen LogP contribution in [0.2, 0.25) is 0 Å². The van der Waals surface area contributed by atoms with E-state index >= 15 is 0 Å². The van der Waals surface area contributed by atoms with Gasteiger partial charge in [-0.2, -0.15) is 5.10 Å². The molecule has 0 bridgehead atoms. The molecule has 1 amide bonds. The summed E-state index contributed by atoms with van der Waals surface area (Å²) >= 11 is 1.57. The van der Waals surface area contributed by atoms with E-state index in [9.17, 15) is 4.79 Å². The number of methoxy groups -OCH3 is 2. The molecule has 0 saturated carbocycles. The number of nitrogens with one attached hydrogen (secondary N) is 2. The maximum Gasteiger partial charge on any atom is 0.229 e. The lowest BCUT2D eigenvalue weighted by Gasteiger charge is -2.11. The largest absolute Gasteiger partial charge is 0.493 e. The van der Waals surface area contributed by atoms with Crippen molar-refractivity contribution in [1.82, 2.24) is 10.2 Å². The third-order valence-electron chi connectivity index (χ3n) is 4.18. The Bertz CT molecular complexity index is 903. The number of carbonyl (C=O) groups is 1. The van der Waals surface area contributed by atoms with Crippen LogP contribution < -0.4 is 14.8 Å². The standard InChI is InChI=1S/C20H23N3O3S/c1-4-6-15-20(21-18(24)12-14-7-5-10-27-14)19(23-22-15)13-8-9-16(25-2)17(11-13)26-3/h5,7-11H,4,6,12H2,1-3H3,(H,21,24)(H,22,23). The van der Waals surface area contributed by atoms with Crippen LogP contribution in [0.4, 0.5) is 5.69 Å². The second kappa shape index (κ2) is 8.73. The molecule has 2 heterocycles. The van der Waals surface area contributed by atoms with Gasteiger partial charge in [0.05, 0.1) is 32.0 Å². The van der Waals surface area contributed by atoms with Crippen molar-refractivity contribution in [3.8, 4) is 22.8 Å². The fourth-order valence-electron chi connectivity index (χ4n) is 2.89. The maximum absolute atomic E-state index is 12.6. The van der Waals surface area contributed by atoms with Crippen LogP contribution >= 0.6 is 11.3 Å². The molecule has 0 radical (unpaired) electrons. The number of nitrogens with zero attached hydrogens (tertiary/aromatic N) is 1. The summed E-state index contributed by atoms with van der Waals surface area (Å²) in [5.41, 5.74) is 3.18. The number of rotatable bonds is 8. The molecule has 7 heteroatoms. The van der Waals surface area contributed by atoms with E-state index in [0.717, 1.165) is 34.7 Å². The van der Waals surface area contributed by atoms with Crippen molar-refractivity contribution >= 4 is 22.9 Å². The maximum atomic E-state index is 12.6. The molecule has 0 atom stereocenters. The molecule has 0 saturated heterocycles. The minimum Gasteiger partial charge on any atom is -0.493 e.